The summed E-state index contributed by atoms with van der Waals surface area (Å²) in [7, 11) is 1.67. The minimum absolute atomic E-state index is 0.0950. The van der Waals surface area contributed by atoms with E-state index in [1.54, 1.807) is 7.05 Å². The fourth-order valence-electron chi connectivity index (χ4n) is 3.62. The van der Waals surface area contributed by atoms with Gasteiger partial charge in [-0.3, -0.25) is 9.59 Å². The molecule has 0 radical (unpaired) electrons. The number of rotatable bonds is 5. The topological polar surface area (TPSA) is 68.3 Å². The lowest BCUT2D eigenvalue weighted by molar-refractivity contribution is 0.0676. The second kappa shape index (κ2) is 7.48. The van der Waals surface area contributed by atoms with Crippen LogP contribution < -0.4 is 5.56 Å². The lowest BCUT2D eigenvalue weighted by Gasteiger charge is -2.27. The first-order chi connectivity index (χ1) is 13.9. The number of aryl methyl sites for hydroxylation is 2. The molecule has 4 aromatic rings. The molecule has 0 saturated carbocycles. The van der Waals surface area contributed by atoms with E-state index in [9.17, 15) is 9.59 Å². The van der Waals surface area contributed by atoms with Crippen LogP contribution in [0.25, 0.3) is 21.2 Å². The summed E-state index contributed by atoms with van der Waals surface area (Å²) in [6.07, 6.45) is 2.32. The number of carbonyl (C=O) groups excluding carboxylic acids is 1. The Morgan fingerprint density at radius 1 is 1.34 bits per heavy atom. The van der Waals surface area contributed by atoms with Crippen molar-refractivity contribution in [1.29, 1.82) is 0 Å². The van der Waals surface area contributed by atoms with Gasteiger partial charge in [-0.25, -0.2) is 4.98 Å². The maximum atomic E-state index is 13.5. The molecule has 0 fully saturated rings. The van der Waals surface area contributed by atoms with Gasteiger partial charge < -0.3 is 13.9 Å². The molecule has 0 spiro atoms. The van der Waals surface area contributed by atoms with Crippen LogP contribution in [0.1, 0.15) is 47.3 Å². The van der Waals surface area contributed by atoms with E-state index in [-0.39, 0.29) is 17.5 Å². The number of aromatic nitrogens is 2. The summed E-state index contributed by atoms with van der Waals surface area (Å²) in [6, 6.07) is 9.59. The number of fused-ring (bicyclic) bond motifs is 2. The molecular formula is C22H23N3O3S. The molecule has 1 amide bonds. The van der Waals surface area contributed by atoms with Crippen molar-refractivity contribution < 1.29 is 9.21 Å². The van der Waals surface area contributed by atoms with Crippen LogP contribution in [0.5, 0.6) is 0 Å². The van der Waals surface area contributed by atoms with Crippen LogP contribution in [0.3, 0.4) is 0 Å². The second-order valence-corrected chi connectivity index (χ2v) is 8.26. The van der Waals surface area contributed by atoms with Crippen molar-refractivity contribution in [3.63, 3.8) is 0 Å². The van der Waals surface area contributed by atoms with Crippen molar-refractivity contribution in [2.75, 3.05) is 6.54 Å². The molecule has 150 valence electrons. The Hall–Kier alpha value is -2.93. The number of hydrogen-bond acceptors (Lipinski definition) is 5. The summed E-state index contributed by atoms with van der Waals surface area (Å²) in [5.74, 6) is 0.656. The van der Waals surface area contributed by atoms with Crippen molar-refractivity contribution in [1.82, 2.24) is 14.5 Å². The fraction of sp³-hybridized carbons (Fsp3) is 0.318. The first-order valence-corrected chi connectivity index (χ1v) is 10.5. The van der Waals surface area contributed by atoms with Crippen molar-refractivity contribution in [2.24, 2.45) is 7.05 Å². The number of furan rings is 1. The Morgan fingerprint density at radius 3 is 2.83 bits per heavy atom. The molecule has 0 aliphatic heterocycles. The highest BCUT2D eigenvalue weighted by Gasteiger charge is 2.28. The maximum absolute atomic E-state index is 13.5. The van der Waals surface area contributed by atoms with Crippen molar-refractivity contribution in [3.05, 3.63) is 63.2 Å². The molecule has 0 saturated heterocycles. The number of carbonyl (C=O) groups is 1. The fourth-order valence-corrected chi connectivity index (χ4v) is 4.71. The first-order valence-electron chi connectivity index (χ1n) is 9.66. The number of thiophene rings is 1. The average Bonchev–Trinajstić information content (AvgIpc) is 3.29. The first kappa shape index (κ1) is 19.4. The minimum atomic E-state index is -0.227. The van der Waals surface area contributed by atoms with Gasteiger partial charge in [0.05, 0.1) is 22.6 Å². The zero-order valence-electron chi connectivity index (χ0n) is 16.9. The van der Waals surface area contributed by atoms with Gasteiger partial charge in [-0.05, 0) is 38.0 Å². The molecule has 0 bridgehead atoms. The summed E-state index contributed by atoms with van der Waals surface area (Å²) >= 11 is 1.28. The summed E-state index contributed by atoms with van der Waals surface area (Å²) in [5, 5.41) is 1.54. The Bertz CT molecular complexity index is 1230. The second-order valence-electron chi connectivity index (χ2n) is 7.26. The molecule has 1 atom stereocenters. The minimum Gasteiger partial charge on any atom is -0.459 e. The third-order valence-electron chi connectivity index (χ3n) is 5.25. The van der Waals surface area contributed by atoms with Crippen LogP contribution in [0.2, 0.25) is 0 Å². The highest BCUT2D eigenvalue weighted by atomic mass is 32.1. The number of benzene rings is 1. The Labute approximate surface area is 172 Å². The van der Waals surface area contributed by atoms with E-state index in [2.05, 4.69) is 4.98 Å². The van der Waals surface area contributed by atoms with Gasteiger partial charge in [0.1, 0.15) is 16.2 Å². The molecule has 0 aliphatic carbocycles. The number of amides is 1. The third kappa shape index (κ3) is 3.25. The molecule has 7 heteroatoms. The van der Waals surface area contributed by atoms with Gasteiger partial charge in [-0.1, -0.05) is 25.1 Å². The number of para-hydroxylation sites is 1. The third-order valence-corrected chi connectivity index (χ3v) is 6.44. The molecule has 1 unspecified atom stereocenters. The van der Waals surface area contributed by atoms with E-state index in [0.717, 1.165) is 23.2 Å². The predicted molar refractivity (Wildman–Crippen MR) is 116 cm³/mol. The molecule has 3 heterocycles. The van der Waals surface area contributed by atoms with Crippen molar-refractivity contribution in [3.8, 4) is 0 Å². The van der Waals surface area contributed by atoms with Gasteiger partial charge in [0.2, 0.25) is 0 Å². The summed E-state index contributed by atoms with van der Waals surface area (Å²) < 4.78 is 7.45. The highest BCUT2D eigenvalue weighted by molar-refractivity contribution is 7.20. The number of nitrogens with zero attached hydrogens (tertiary/aromatic N) is 3. The Kier molecular flexibility index (Phi) is 5.00. The van der Waals surface area contributed by atoms with Crippen LogP contribution >= 0.6 is 11.3 Å². The van der Waals surface area contributed by atoms with Gasteiger partial charge in [0.15, 0.2) is 0 Å². The summed E-state index contributed by atoms with van der Waals surface area (Å²) in [4.78, 5) is 33.3. The van der Waals surface area contributed by atoms with E-state index in [1.165, 1.54) is 22.2 Å². The van der Waals surface area contributed by atoms with Gasteiger partial charge in [-0.2, -0.15) is 0 Å². The molecule has 3 aromatic heterocycles. The zero-order valence-corrected chi connectivity index (χ0v) is 17.7. The SMILES string of the molecule is CCCN(C(=O)c1sc2ncn(C)c(=O)c2c1C)C(C)c1cc2ccccc2o1. The van der Waals surface area contributed by atoms with E-state index in [1.807, 2.05) is 56.0 Å². The quantitative estimate of drug-likeness (QED) is 0.481. The maximum Gasteiger partial charge on any atom is 0.264 e. The standard InChI is InChI=1S/C22H23N3O3S/c1-5-10-25(14(3)17-11-15-8-6-7-9-16(15)28-17)22(27)19-13(2)18-20(29-19)23-12-24(4)21(18)26/h6-9,11-12,14H,5,10H2,1-4H3. The lowest BCUT2D eigenvalue weighted by atomic mass is 10.1. The van der Waals surface area contributed by atoms with Gasteiger partial charge in [0.25, 0.3) is 11.5 Å². The summed E-state index contributed by atoms with van der Waals surface area (Å²) in [6.45, 7) is 6.44. The molecule has 0 aliphatic rings. The molecule has 4 rings (SSSR count). The smallest absolute Gasteiger partial charge is 0.264 e. The molecule has 1 aromatic carbocycles. The van der Waals surface area contributed by atoms with Crippen molar-refractivity contribution >= 4 is 38.4 Å². The van der Waals surface area contributed by atoms with Crippen LogP contribution in [0.15, 0.2) is 45.9 Å². The Morgan fingerprint density at radius 2 is 2.10 bits per heavy atom. The molecule has 29 heavy (non-hydrogen) atoms. The van der Waals surface area contributed by atoms with Crippen molar-refractivity contribution in [2.45, 2.75) is 33.2 Å². The van der Waals surface area contributed by atoms with E-state index >= 15 is 0 Å². The van der Waals surface area contributed by atoms with Crippen LogP contribution in [-0.2, 0) is 7.05 Å². The molecule has 6 nitrogen and oxygen atoms in total. The van der Waals surface area contributed by atoms with E-state index < -0.39 is 0 Å². The highest BCUT2D eigenvalue weighted by Crippen LogP contribution is 2.32. The Balaban J connectivity index is 1.76. The number of hydrogen-bond donors (Lipinski definition) is 0. The van der Waals surface area contributed by atoms with Crippen LogP contribution in [0.4, 0.5) is 0 Å². The van der Waals surface area contributed by atoms with Gasteiger partial charge in [-0.15, -0.1) is 11.3 Å². The molecular weight excluding hydrogens is 386 g/mol. The average molecular weight is 410 g/mol. The zero-order chi connectivity index (χ0) is 20.7. The largest absolute Gasteiger partial charge is 0.459 e. The van der Waals surface area contributed by atoms with Crippen LogP contribution in [0, 0.1) is 6.92 Å². The summed E-state index contributed by atoms with van der Waals surface area (Å²) in [5.41, 5.74) is 1.38. The predicted octanol–water partition coefficient (Wildman–Crippen LogP) is 4.66. The monoisotopic (exact) mass is 409 g/mol. The lowest BCUT2D eigenvalue weighted by Crippen LogP contribution is -2.34. The van der Waals surface area contributed by atoms with E-state index in [0.29, 0.717) is 27.2 Å². The van der Waals surface area contributed by atoms with Gasteiger partial charge in [0, 0.05) is 19.0 Å². The van der Waals surface area contributed by atoms with Gasteiger partial charge >= 0.3 is 0 Å². The normalized spacial score (nSPS) is 12.6. The van der Waals surface area contributed by atoms with E-state index in [4.69, 9.17) is 4.42 Å². The van der Waals surface area contributed by atoms with Crippen LogP contribution in [-0.4, -0.2) is 26.9 Å². The molecule has 0 N–H and O–H groups in total.